The monoisotopic (exact) mass is 206 g/mol. The number of fused-ring (bicyclic) bond motifs is 1. The Labute approximate surface area is 89.0 Å². The number of aryl methyl sites for hydroxylation is 1. The average Bonchev–Trinajstić information content (AvgIpc) is 2.65. The molecular formula is C12H14O3. The van der Waals surface area contributed by atoms with Gasteiger partial charge in [-0.05, 0) is 24.5 Å². The van der Waals surface area contributed by atoms with E-state index >= 15 is 0 Å². The molecule has 0 amide bonds. The molecule has 0 saturated heterocycles. The van der Waals surface area contributed by atoms with Crippen molar-refractivity contribution in [2.24, 2.45) is 0 Å². The Morgan fingerprint density at radius 2 is 2.27 bits per heavy atom. The summed E-state index contributed by atoms with van der Waals surface area (Å²) < 4.78 is 10.8. The summed E-state index contributed by atoms with van der Waals surface area (Å²) in [5, 5.41) is 0. The summed E-state index contributed by atoms with van der Waals surface area (Å²) in [5.41, 5.74) is 2.24. The Balaban J connectivity index is 2.44. The van der Waals surface area contributed by atoms with E-state index in [1.807, 2.05) is 26.0 Å². The third-order valence-electron chi connectivity index (χ3n) is 2.74. The largest absolute Gasteiger partial charge is 0.454 e. The lowest BCUT2D eigenvalue weighted by molar-refractivity contribution is -0.108. The van der Waals surface area contributed by atoms with E-state index in [-0.39, 0.29) is 12.7 Å². The van der Waals surface area contributed by atoms with Gasteiger partial charge in [0.15, 0.2) is 11.5 Å². The lowest BCUT2D eigenvalue weighted by Crippen LogP contribution is -2.00. The minimum absolute atomic E-state index is 0.180. The second kappa shape index (κ2) is 3.93. The van der Waals surface area contributed by atoms with Crippen LogP contribution < -0.4 is 9.47 Å². The van der Waals surface area contributed by atoms with Crippen LogP contribution >= 0.6 is 0 Å². The molecule has 80 valence electrons. The number of carbonyl (C=O) groups is 1. The van der Waals surface area contributed by atoms with Crippen molar-refractivity contribution in [2.75, 3.05) is 6.79 Å². The summed E-state index contributed by atoms with van der Waals surface area (Å²) in [4.78, 5) is 10.5. The van der Waals surface area contributed by atoms with Crippen molar-refractivity contribution in [1.29, 1.82) is 0 Å². The molecule has 15 heavy (non-hydrogen) atoms. The minimum Gasteiger partial charge on any atom is -0.454 e. The van der Waals surface area contributed by atoms with E-state index in [2.05, 4.69) is 0 Å². The molecule has 0 bridgehead atoms. The standard InChI is InChI=1S/C12H14O3/c1-8-3-4-10-12(15-7-14-10)11(8)9(2)5-6-13/h3-4,6,9H,5,7H2,1-2H3. The molecule has 1 aliphatic rings. The lowest BCUT2D eigenvalue weighted by Gasteiger charge is -2.14. The van der Waals surface area contributed by atoms with Crippen molar-refractivity contribution in [3.8, 4) is 11.5 Å². The number of rotatable bonds is 3. The van der Waals surface area contributed by atoms with Crippen molar-refractivity contribution in [3.63, 3.8) is 0 Å². The summed E-state index contributed by atoms with van der Waals surface area (Å²) >= 11 is 0. The highest BCUT2D eigenvalue weighted by atomic mass is 16.7. The van der Waals surface area contributed by atoms with Crippen molar-refractivity contribution >= 4 is 6.29 Å². The highest BCUT2D eigenvalue weighted by Gasteiger charge is 2.22. The lowest BCUT2D eigenvalue weighted by atomic mass is 9.93. The zero-order chi connectivity index (χ0) is 10.8. The molecule has 1 aromatic carbocycles. The fourth-order valence-corrected chi connectivity index (χ4v) is 1.97. The summed E-state index contributed by atoms with van der Waals surface area (Å²) in [6.07, 6.45) is 1.46. The van der Waals surface area contributed by atoms with Gasteiger partial charge in [0.2, 0.25) is 6.79 Å². The molecule has 0 fully saturated rings. The molecule has 0 radical (unpaired) electrons. The van der Waals surface area contributed by atoms with Crippen molar-refractivity contribution in [1.82, 2.24) is 0 Å². The molecular weight excluding hydrogens is 192 g/mol. The van der Waals surface area contributed by atoms with Crippen molar-refractivity contribution in [3.05, 3.63) is 23.3 Å². The van der Waals surface area contributed by atoms with Crippen LogP contribution in [0.15, 0.2) is 12.1 Å². The molecule has 1 heterocycles. The van der Waals surface area contributed by atoms with Crippen LogP contribution in [0.3, 0.4) is 0 Å². The second-order valence-electron chi connectivity index (χ2n) is 3.83. The fourth-order valence-electron chi connectivity index (χ4n) is 1.97. The molecule has 0 saturated carbocycles. The van der Waals surface area contributed by atoms with Gasteiger partial charge >= 0.3 is 0 Å². The number of hydrogen-bond acceptors (Lipinski definition) is 3. The molecule has 0 N–H and O–H groups in total. The van der Waals surface area contributed by atoms with Gasteiger partial charge < -0.3 is 14.3 Å². The van der Waals surface area contributed by atoms with E-state index in [0.29, 0.717) is 6.42 Å². The Kier molecular flexibility index (Phi) is 2.62. The predicted octanol–water partition coefficient (Wildman–Crippen LogP) is 2.42. The van der Waals surface area contributed by atoms with Gasteiger partial charge in [-0.25, -0.2) is 0 Å². The zero-order valence-electron chi connectivity index (χ0n) is 8.95. The maximum atomic E-state index is 10.5. The molecule has 3 heteroatoms. The zero-order valence-corrected chi connectivity index (χ0v) is 8.95. The van der Waals surface area contributed by atoms with Gasteiger partial charge in [0.25, 0.3) is 0 Å². The molecule has 2 rings (SSSR count). The first-order valence-corrected chi connectivity index (χ1v) is 5.06. The number of benzene rings is 1. The first-order valence-electron chi connectivity index (χ1n) is 5.06. The van der Waals surface area contributed by atoms with Gasteiger partial charge in [0.05, 0.1) is 0 Å². The number of aldehydes is 1. The van der Waals surface area contributed by atoms with Crippen LogP contribution in [0.1, 0.15) is 30.4 Å². The SMILES string of the molecule is Cc1ccc2c(c1C(C)CC=O)OCO2. The van der Waals surface area contributed by atoms with E-state index in [1.54, 1.807) is 0 Å². The Morgan fingerprint density at radius 3 is 3.00 bits per heavy atom. The molecule has 0 aromatic heterocycles. The maximum absolute atomic E-state index is 10.5. The van der Waals surface area contributed by atoms with Gasteiger partial charge in [0.1, 0.15) is 6.29 Å². The highest BCUT2D eigenvalue weighted by molar-refractivity contribution is 5.57. The normalized spacial score (nSPS) is 15.1. The van der Waals surface area contributed by atoms with Gasteiger partial charge in [-0.1, -0.05) is 13.0 Å². The van der Waals surface area contributed by atoms with E-state index in [1.165, 1.54) is 0 Å². The average molecular weight is 206 g/mol. The van der Waals surface area contributed by atoms with Gasteiger partial charge in [-0.15, -0.1) is 0 Å². The van der Waals surface area contributed by atoms with Crippen molar-refractivity contribution in [2.45, 2.75) is 26.2 Å². The van der Waals surface area contributed by atoms with Gasteiger partial charge in [-0.2, -0.15) is 0 Å². The van der Waals surface area contributed by atoms with Gasteiger partial charge in [0, 0.05) is 12.0 Å². The summed E-state index contributed by atoms with van der Waals surface area (Å²) in [6.45, 7) is 4.33. The highest BCUT2D eigenvalue weighted by Crippen LogP contribution is 2.41. The van der Waals surface area contributed by atoms with Crippen LogP contribution in [0.5, 0.6) is 11.5 Å². The first-order chi connectivity index (χ1) is 7.24. The first kappa shape index (κ1) is 10.0. The fraction of sp³-hybridized carbons (Fsp3) is 0.417. The quantitative estimate of drug-likeness (QED) is 0.712. The van der Waals surface area contributed by atoms with E-state index in [9.17, 15) is 4.79 Å². The molecule has 0 aliphatic carbocycles. The van der Waals surface area contributed by atoms with Crippen LogP contribution in [0, 0.1) is 6.92 Å². The van der Waals surface area contributed by atoms with E-state index < -0.39 is 0 Å². The predicted molar refractivity (Wildman–Crippen MR) is 56.4 cm³/mol. The van der Waals surface area contributed by atoms with Gasteiger partial charge in [-0.3, -0.25) is 0 Å². The molecule has 3 nitrogen and oxygen atoms in total. The van der Waals surface area contributed by atoms with Crippen LogP contribution in [-0.2, 0) is 4.79 Å². The van der Waals surface area contributed by atoms with Crippen molar-refractivity contribution < 1.29 is 14.3 Å². The number of hydrogen-bond donors (Lipinski definition) is 0. The maximum Gasteiger partial charge on any atom is 0.231 e. The van der Waals surface area contributed by atoms with E-state index in [4.69, 9.17) is 9.47 Å². The summed E-state index contributed by atoms with van der Waals surface area (Å²) in [7, 11) is 0. The molecule has 1 atom stereocenters. The molecule has 1 aromatic rings. The smallest absolute Gasteiger partial charge is 0.231 e. The molecule has 0 spiro atoms. The minimum atomic E-state index is 0.180. The molecule has 1 unspecified atom stereocenters. The van der Waals surface area contributed by atoms with Crippen LogP contribution in [-0.4, -0.2) is 13.1 Å². The Bertz CT molecular complexity index is 385. The number of ether oxygens (including phenoxy) is 2. The Hall–Kier alpha value is -1.51. The molecule has 1 aliphatic heterocycles. The van der Waals surface area contributed by atoms with Crippen LogP contribution in [0.25, 0.3) is 0 Å². The second-order valence-corrected chi connectivity index (χ2v) is 3.83. The van der Waals surface area contributed by atoms with Crippen LogP contribution in [0.4, 0.5) is 0 Å². The Morgan fingerprint density at radius 1 is 1.47 bits per heavy atom. The number of carbonyl (C=O) groups excluding carboxylic acids is 1. The van der Waals surface area contributed by atoms with E-state index in [0.717, 1.165) is 28.9 Å². The van der Waals surface area contributed by atoms with Crippen LogP contribution in [0.2, 0.25) is 0 Å². The topological polar surface area (TPSA) is 35.5 Å². The third kappa shape index (κ3) is 1.69. The summed E-state index contributed by atoms with van der Waals surface area (Å²) in [5.74, 6) is 1.77. The summed E-state index contributed by atoms with van der Waals surface area (Å²) in [6, 6.07) is 3.92. The third-order valence-corrected chi connectivity index (χ3v) is 2.74.